The standard InChI is InChI=1S/C16H25N3O/c1-4-9-17-14-10-12(2)18-11-13(14)15(20)19-16(3)7-5-6-8-16/h10-11H,4-9H2,1-3H3,(H,17,18)(H,19,20). The molecule has 2 rings (SSSR count). The quantitative estimate of drug-likeness (QED) is 0.867. The van der Waals surface area contributed by atoms with E-state index in [0.717, 1.165) is 37.2 Å². The molecule has 0 radical (unpaired) electrons. The lowest BCUT2D eigenvalue weighted by molar-refractivity contribution is 0.0908. The third kappa shape index (κ3) is 3.50. The first-order valence-corrected chi connectivity index (χ1v) is 7.57. The number of aryl methyl sites for hydroxylation is 1. The van der Waals surface area contributed by atoms with Crippen LogP contribution in [0.15, 0.2) is 12.3 Å². The first kappa shape index (κ1) is 14.8. The summed E-state index contributed by atoms with van der Waals surface area (Å²) in [6, 6.07) is 1.95. The second kappa shape index (κ2) is 6.25. The van der Waals surface area contributed by atoms with Crippen LogP contribution in [0.4, 0.5) is 5.69 Å². The van der Waals surface area contributed by atoms with E-state index >= 15 is 0 Å². The van der Waals surface area contributed by atoms with E-state index < -0.39 is 0 Å². The maximum Gasteiger partial charge on any atom is 0.255 e. The molecule has 110 valence electrons. The normalized spacial score (nSPS) is 16.9. The van der Waals surface area contributed by atoms with Gasteiger partial charge in [-0.25, -0.2) is 0 Å². The van der Waals surface area contributed by atoms with Crippen LogP contribution in [-0.2, 0) is 0 Å². The van der Waals surface area contributed by atoms with E-state index in [9.17, 15) is 4.79 Å². The molecule has 0 saturated heterocycles. The van der Waals surface area contributed by atoms with Crippen molar-refractivity contribution in [2.45, 2.75) is 58.4 Å². The van der Waals surface area contributed by atoms with E-state index in [0.29, 0.717) is 5.56 Å². The van der Waals surface area contributed by atoms with Gasteiger partial charge in [0.2, 0.25) is 0 Å². The Morgan fingerprint density at radius 1 is 1.40 bits per heavy atom. The van der Waals surface area contributed by atoms with Gasteiger partial charge >= 0.3 is 0 Å². The lowest BCUT2D eigenvalue weighted by Crippen LogP contribution is -2.43. The summed E-state index contributed by atoms with van der Waals surface area (Å²) in [5.41, 5.74) is 2.41. The molecule has 0 spiro atoms. The minimum atomic E-state index is -0.0516. The van der Waals surface area contributed by atoms with Crippen LogP contribution in [0.3, 0.4) is 0 Å². The minimum absolute atomic E-state index is 0.0134. The molecule has 1 aliphatic rings. The minimum Gasteiger partial charge on any atom is -0.384 e. The number of amides is 1. The van der Waals surface area contributed by atoms with Crippen LogP contribution in [0, 0.1) is 6.92 Å². The van der Waals surface area contributed by atoms with Gasteiger partial charge in [-0.3, -0.25) is 9.78 Å². The van der Waals surface area contributed by atoms with Crippen LogP contribution < -0.4 is 10.6 Å². The van der Waals surface area contributed by atoms with Gasteiger partial charge in [0.05, 0.1) is 11.3 Å². The topological polar surface area (TPSA) is 54.0 Å². The predicted molar refractivity (Wildman–Crippen MR) is 82.1 cm³/mol. The number of nitrogens with zero attached hydrogens (tertiary/aromatic N) is 1. The number of aromatic nitrogens is 1. The number of carbonyl (C=O) groups is 1. The zero-order valence-electron chi connectivity index (χ0n) is 12.8. The molecule has 4 heteroatoms. The summed E-state index contributed by atoms with van der Waals surface area (Å²) in [7, 11) is 0. The Balaban J connectivity index is 2.15. The van der Waals surface area contributed by atoms with Crippen molar-refractivity contribution in [2.75, 3.05) is 11.9 Å². The zero-order chi connectivity index (χ0) is 14.6. The van der Waals surface area contributed by atoms with Gasteiger partial charge in [-0.05, 0) is 39.2 Å². The van der Waals surface area contributed by atoms with Gasteiger partial charge in [0, 0.05) is 24.0 Å². The van der Waals surface area contributed by atoms with Crippen molar-refractivity contribution < 1.29 is 4.79 Å². The van der Waals surface area contributed by atoms with Crippen LogP contribution in [-0.4, -0.2) is 23.0 Å². The van der Waals surface area contributed by atoms with Gasteiger partial charge in [-0.2, -0.15) is 0 Å². The third-order valence-electron chi connectivity index (χ3n) is 3.97. The third-order valence-corrected chi connectivity index (χ3v) is 3.97. The van der Waals surface area contributed by atoms with Gasteiger partial charge in [-0.15, -0.1) is 0 Å². The Morgan fingerprint density at radius 2 is 2.10 bits per heavy atom. The van der Waals surface area contributed by atoms with Gasteiger partial charge in [0.15, 0.2) is 0 Å². The average Bonchev–Trinajstić information content (AvgIpc) is 2.82. The van der Waals surface area contributed by atoms with Crippen molar-refractivity contribution in [3.05, 3.63) is 23.5 Å². The molecule has 20 heavy (non-hydrogen) atoms. The van der Waals surface area contributed by atoms with Crippen LogP contribution in [0.25, 0.3) is 0 Å². The largest absolute Gasteiger partial charge is 0.384 e. The molecule has 1 aromatic heterocycles. The lowest BCUT2D eigenvalue weighted by Gasteiger charge is -2.26. The number of nitrogens with one attached hydrogen (secondary N) is 2. The Bertz CT molecular complexity index is 479. The molecule has 4 nitrogen and oxygen atoms in total. The Hall–Kier alpha value is -1.58. The van der Waals surface area contributed by atoms with Crippen molar-refractivity contribution in [1.29, 1.82) is 0 Å². The molecule has 1 aromatic rings. The summed E-state index contributed by atoms with van der Waals surface area (Å²) in [5.74, 6) is -0.0134. The van der Waals surface area contributed by atoms with Gasteiger partial charge in [-0.1, -0.05) is 19.8 Å². The number of anilines is 1. The molecule has 1 aliphatic carbocycles. The highest BCUT2D eigenvalue weighted by Gasteiger charge is 2.31. The van der Waals surface area contributed by atoms with Crippen molar-refractivity contribution in [2.24, 2.45) is 0 Å². The van der Waals surface area contributed by atoms with E-state index in [2.05, 4.69) is 29.5 Å². The molecule has 0 aromatic carbocycles. The smallest absolute Gasteiger partial charge is 0.255 e. The van der Waals surface area contributed by atoms with E-state index in [1.165, 1.54) is 12.8 Å². The van der Waals surface area contributed by atoms with E-state index in [-0.39, 0.29) is 11.4 Å². The van der Waals surface area contributed by atoms with E-state index in [1.54, 1.807) is 6.20 Å². The highest BCUT2D eigenvalue weighted by Crippen LogP contribution is 2.29. The first-order valence-electron chi connectivity index (χ1n) is 7.57. The molecule has 1 saturated carbocycles. The van der Waals surface area contributed by atoms with Crippen LogP contribution in [0.5, 0.6) is 0 Å². The Morgan fingerprint density at radius 3 is 2.75 bits per heavy atom. The zero-order valence-corrected chi connectivity index (χ0v) is 12.8. The lowest BCUT2D eigenvalue weighted by atomic mass is 10.00. The van der Waals surface area contributed by atoms with Gasteiger partial charge < -0.3 is 10.6 Å². The fourth-order valence-corrected chi connectivity index (χ4v) is 2.77. The highest BCUT2D eigenvalue weighted by atomic mass is 16.1. The van der Waals surface area contributed by atoms with Crippen molar-refractivity contribution in [1.82, 2.24) is 10.3 Å². The Labute approximate surface area is 121 Å². The molecule has 0 atom stereocenters. The molecule has 0 bridgehead atoms. The molecule has 0 aliphatic heterocycles. The second-order valence-corrected chi connectivity index (χ2v) is 6.02. The summed E-state index contributed by atoms with van der Waals surface area (Å²) in [4.78, 5) is 16.8. The molecule has 2 N–H and O–H groups in total. The molecular formula is C16H25N3O. The Kier molecular flexibility index (Phi) is 4.63. The second-order valence-electron chi connectivity index (χ2n) is 6.02. The predicted octanol–water partition coefficient (Wildman–Crippen LogP) is 3.27. The molecule has 1 fully saturated rings. The number of pyridine rings is 1. The van der Waals surface area contributed by atoms with Crippen molar-refractivity contribution >= 4 is 11.6 Å². The SMILES string of the molecule is CCCNc1cc(C)ncc1C(=O)NC1(C)CCCC1. The summed E-state index contributed by atoms with van der Waals surface area (Å²) in [6.45, 7) is 7.05. The average molecular weight is 275 g/mol. The molecule has 1 heterocycles. The highest BCUT2D eigenvalue weighted by molar-refractivity contribution is 5.99. The molecule has 0 unspecified atom stereocenters. The number of hydrogen-bond donors (Lipinski definition) is 2. The van der Waals surface area contributed by atoms with Crippen LogP contribution in [0.1, 0.15) is 62.0 Å². The maximum atomic E-state index is 12.5. The number of rotatable bonds is 5. The molecule has 1 amide bonds. The summed E-state index contributed by atoms with van der Waals surface area (Å²) >= 11 is 0. The van der Waals surface area contributed by atoms with E-state index in [4.69, 9.17) is 0 Å². The maximum absolute atomic E-state index is 12.5. The van der Waals surface area contributed by atoms with Gasteiger partial charge in [0.25, 0.3) is 5.91 Å². The van der Waals surface area contributed by atoms with Crippen LogP contribution >= 0.6 is 0 Å². The fourth-order valence-electron chi connectivity index (χ4n) is 2.77. The van der Waals surface area contributed by atoms with Crippen LogP contribution in [0.2, 0.25) is 0 Å². The summed E-state index contributed by atoms with van der Waals surface area (Å²) in [6.07, 6.45) is 7.24. The fraction of sp³-hybridized carbons (Fsp3) is 0.625. The number of hydrogen-bond acceptors (Lipinski definition) is 3. The van der Waals surface area contributed by atoms with Gasteiger partial charge in [0.1, 0.15) is 0 Å². The van der Waals surface area contributed by atoms with E-state index in [1.807, 2.05) is 13.0 Å². The van der Waals surface area contributed by atoms with Crippen molar-refractivity contribution in [3.63, 3.8) is 0 Å². The summed E-state index contributed by atoms with van der Waals surface area (Å²) in [5, 5.41) is 6.51. The summed E-state index contributed by atoms with van der Waals surface area (Å²) < 4.78 is 0. The van der Waals surface area contributed by atoms with Crippen molar-refractivity contribution in [3.8, 4) is 0 Å². The first-order chi connectivity index (χ1) is 9.54. The number of carbonyl (C=O) groups excluding carboxylic acids is 1. The monoisotopic (exact) mass is 275 g/mol. The molecular weight excluding hydrogens is 250 g/mol.